The van der Waals surface area contributed by atoms with Gasteiger partial charge < -0.3 is 10.6 Å². The molecule has 0 atom stereocenters. The molecule has 2 aromatic carbocycles. The largest absolute Gasteiger partial charge is 0.331 e. The van der Waals surface area contributed by atoms with E-state index in [1.54, 1.807) is 35.0 Å². The molecule has 2 N–H and O–H groups in total. The maximum absolute atomic E-state index is 13.0. The summed E-state index contributed by atoms with van der Waals surface area (Å²) in [4.78, 5) is 0. The van der Waals surface area contributed by atoms with E-state index >= 15 is 0 Å². The second kappa shape index (κ2) is 8.35. The summed E-state index contributed by atoms with van der Waals surface area (Å²) in [6.07, 6.45) is 1.81. The minimum absolute atomic E-state index is 0.268. The molecular weight excluding hydrogens is 462 g/mol. The Morgan fingerprint density at radius 3 is 2.58 bits per heavy atom. The van der Waals surface area contributed by atoms with Gasteiger partial charge in [-0.05, 0) is 64.0 Å². The van der Waals surface area contributed by atoms with Gasteiger partial charge in [-0.25, -0.2) is 4.39 Å². The van der Waals surface area contributed by atoms with Gasteiger partial charge in [0.15, 0.2) is 10.9 Å². The lowest BCUT2D eigenvalue weighted by molar-refractivity contribution is 0.624. The highest BCUT2D eigenvalue weighted by molar-refractivity contribution is 9.10. The lowest BCUT2D eigenvalue weighted by atomic mass is 10.2. The van der Waals surface area contributed by atoms with Crippen molar-refractivity contribution in [1.29, 1.82) is 0 Å². The predicted molar refractivity (Wildman–Crippen MR) is 112 cm³/mol. The van der Waals surface area contributed by atoms with E-state index in [2.05, 4.69) is 31.7 Å². The van der Waals surface area contributed by atoms with Crippen molar-refractivity contribution in [1.82, 2.24) is 9.78 Å². The van der Waals surface area contributed by atoms with Crippen LogP contribution in [0.25, 0.3) is 0 Å². The van der Waals surface area contributed by atoms with Crippen molar-refractivity contribution < 1.29 is 4.39 Å². The van der Waals surface area contributed by atoms with Crippen LogP contribution >= 0.6 is 51.3 Å². The third-order valence-electron chi connectivity index (χ3n) is 3.39. The van der Waals surface area contributed by atoms with Crippen LogP contribution < -0.4 is 10.6 Å². The second-order valence-corrected chi connectivity index (χ2v) is 7.46. The number of thiocarbonyl (C=S) groups is 1. The first-order valence-corrected chi connectivity index (χ1v) is 9.37. The highest BCUT2D eigenvalue weighted by atomic mass is 79.9. The molecule has 0 fully saturated rings. The summed E-state index contributed by atoms with van der Waals surface area (Å²) in [5, 5.41) is 11.8. The molecule has 0 radical (unpaired) electrons. The SMILES string of the molecule is Fc1ccc(Cn2cc(Br)c(NC(=S)Nc3ccc(Cl)cc3Cl)n2)cc1. The molecule has 0 unspecified atom stereocenters. The van der Waals surface area contributed by atoms with Crippen LogP contribution in [-0.2, 0) is 6.54 Å². The number of hydrogen-bond donors (Lipinski definition) is 2. The monoisotopic (exact) mass is 472 g/mol. The molecule has 0 bridgehead atoms. The normalized spacial score (nSPS) is 10.6. The van der Waals surface area contributed by atoms with E-state index in [1.165, 1.54) is 12.1 Å². The Balaban J connectivity index is 1.67. The fourth-order valence-electron chi connectivity index (χ4n) is 2.19. The summed E-state index contributed by atoms with van der Waals surface area (Å²) in [7, 11) is 0. The van der Waals surface area contributed by atoms with Crippen LogP contribution in [0.1, 0.15) is 5.56 Å². The van der Waals surface area contributed by atoms with Gasteiger partial charge in [-0.2, -0.15) is 5.10 Å². The van der Waals surface area contributed by atoms with Crippen LogP contribution in [0.5, 0.6) is 0 Å². The van der Waals surface area contributed by atoms with Crippen LogP contribution in [0.15, 0.2) is 53.1 Å². The summed E-state index contributed by atoms with van der Waals surface area (Å²) < 4.78 is 15.5. The number of aromatic nitrogens is 2. The predicted octanol–water partition coefficient (Wildman–Crippen LogP) is 5.95. The smallest absolute Gasteiger partial charge is 0.176 e. The van der Waals surface area contributed by atoms with E-state index in [-0.39, 0.29) is 5.82 Å². The zero-order valence-corrected chi connectivity index (χ0v) is 17.1. The van der Waals surface area contributed by atoms with Crippen molar-refractivity contribution in [2.24, 2.45) is 0 Å². The van der Waals surface area contributed by atoms with Gasteiger partial charge in [0.05, 0.1) is 21.7 Å². The second-order valence-electron chi connectivity index (χ2n) is 5.35. The Bertz CT molecular complexity index is 946. The standard InChI is InChI=1S/C17H12BrCl2FN4S/c18-13-9-25(8-10-1-4-12(21)5-2-10)24-16(13)23-17(26)22-15-6-3-11(19)7-14(15)20/h1-7,9H,8H2,(H2,22,23,24,26). The zero-order valence-electron chi connectivity index (χ0n) is 13.1. The molecule has 26 heavy (non-hydrogen) atoms. The summed E-state index contributed by atoms with van der Waals surface area (Å²) >= 11 is 20.7. The number of halogens is 4. The number of rotatable bonds is 4. The maximum Gasteiger partial charge on any atom is 0.176 e. The third-order valence-corrected chi connectivity index (χ3v) is 4.72. The minimum atomic E-state index is -0.268. The van der Waals surface area contributed by atoms with E-state index in [0.717, 1.165) is 10.0 Å². The molecule has 134 valence electrons. The highest BCUT2D eigenvalue weighted by Crippen LogP contribution is 2.26. The fourth-order valence-corrected chi connectivity index (χ4v) is 3.27. The Morgan fingerprint density at radius 1 is 1.15 bits per heavy atom. The van der Waals surface area contributed by atoms with E-state index in [0.29, 0.717) is 33.2 Å². The molecule has 1 heterocycles. The van der Waals surface area contributed by atoms with Gasteiger partial charge in [0, 0.05) is 11.2 Å². The van der Waals surface area contributed by atoms with E-state index in [4.69, 9.17) is 35.4 Å². The van der Waals surface area contributed by atoms with E-state index < -0.39 is 0 Å². The summed E-state index contributed by atoms with van der Waals surface area (Å²) in [6, 6.07) is 11.3. The Morgan fingerprint density at radius 2 is 1.88 bits per heavy atom. The van der Waals surface area contributed by atoms with Gasteiger partial charge in [-0.3, -0.25) is 4.68 Å². The molecule has 9 heteroatoms. The van der Waals surface area contributed by atoms with E-state index in [1.807, 2.05) is 6.20 Å². The zero-order chi connectivity index (χ0) is 18.7. The number of nitrogens with one attached hydrogen (secondary N) is 2. The van der Waals surface area contributed by atoms with Crippen molar-refractivity contribution >= 4 is 68.0 Å². The number of anilines is 2. The van der Waals surface area contributed by atoms with Crippen LogP contribution in [0, 0.1) is 5.82 Å². The Hall–Kier alpha value is -1.67. The van der Waals surface area contributed by atoms with Crippen LogP contribution in [0.3, 0.4) is 0 Å². The molecule has 0 saturated heterocycles. The Kier molecular flexibility index (Phi) is 6.13. The summed E-state index contributed by atoms with van der Waals surface area (Å²) in [5.74, 6) is 0.282. The summed E-state index contributed by atoms with van der Waals surface area (Å²) in [5.41, 5.74) is 1.57. The van der Waals surface area contributed by atoms with Crippen molar-refractivity contribution in [3.8, 4) is 0 Å². The minimum Gasteiger partial charge on any atom is -0.331 e. The van der Waals surface area contributed by atoms with Crippen LogP contribution in [0.4, 0.5) is 15.9 Å². The number of hydrogen-bond acceptors (Lipinski definition) is 2. The van der Waals surface area contributed by atoms with Gasteiger partial charge >= 0.3 is 0 Å². The van der Waals surface area contributed by atoms with E-state index in [9.17, 15) is 4.39 Å². The summed E-state index contributed by atoms with van der Waals surface area (Å²) in [6.45, 7) is 0.504. The van der Waals surface area contributed by atoms with Gasteiger partial charge in [0.2, 0.25) is 0 Å². The van der Waals surface area contributed by atoms with Crippen molar-refractivity contribution in [2.45, 2.75) is 6.54 Å². The average Bonchev–Trinajstić information content (AvgIpc) is 2.91. The highest BCUT2D eigenvalue weighted by Gasteiger charge is 2.10. The van der Waals surface area contributed by atoms with Gasteiger partial charge in [-0.15, -0.1) is 0 Å². The number of benzene rings is 2. The first-order valence-electron chi connectivity index (χ1n) is 7.41. The molecule has 3 aromatic rings. The van der Waals surface area contributed by atoms with Gasteiger partial charge in [-0.1, -0.05) is 35.3 Å². The van der Waals surface area contributed by atoms with Crippen molar-refractivity contribution in [3.63, 3.8) is 0 Å². The number of nitrogens with zero attached hydrogens (tertiary/aromatic N) is 2. The first-order chi connectivity index (χ1) is 12.4. The Labute approximate surface area is 173 Å². The molecule has 1 aromatic heterocycles. The van der Waals surface area contributed by atoms with Gasteiger partial charge in [0.25, 0.3) is 0 Å². The lowest BCUT2D eigenvalue weighted by Crippen LogP contribution is -2.20. The average molecular weight is 474 g/mol. The molecule has 4 nitrogen and oxygen atoms in total. The molecule has 0 aliphatic carbocycles. The molecule has 0 amide bonds. The lowest BCUT2D eigenvalue weighted by Gasteiger charge is -2.10. The molecule has 0 saturated carbocycles. The molecule has 3 rings (SSSR count). The topological polar surface area (TPSA) is 41.9 Å². The van der Waals surface area contributed by atoms with Crippen LogP contribution in [0.2, 0.25) is 10.0 Å². The van der Waals surface area contributed by atoms with Crippen LogP contribution in [-0.4, -0.2) is 14.9 Å². The fraction of sp³-hybridized carbons (Fsp3) is 0.0588. The molecular formula is C17H12BrCl2FN4S. The first kappa shape index (κ1) is 19.1. The maximum atomic E-state index is 13.0. The third kappa shape index (κ3) is 4.94. The molecule has 0 aliphatic heterocycles. The molecule has 0 spiro atoms. The molecule has 0 aliphatic rings. The van der Waals surface area contributed by atoms with Crippen molar-refractivity contribution in [2.75, 3.05) is 10.6 Å². The van der Waals surface area contributed by atoms with Crippen molar-refractivity contribution in [3.05, 3.63) is 74.6 Å². The van der Waals surface area contributed by atoms with Gasteiger partial charge in [0.1, 0.15) is 5.82 Å². The quantitative estimate of drug-likeness (QED) is 0.459.